The number of ether oxygens (including phenoxy) is 1. The van der Waals surface area contributed by atoms with E-state index in [1.165, 1.54) is 69.9 Å². The van der Waals surface area contributed by atoms with Crippen molar-refractivity contribution in [1.29, 1.82) is 0 Å². The lowest BCUT2D eigenvalue weighted by molar-refractivity contribution is 0.487. The molecular weight excluding hydrogens is 631 g/mol. The van der Waals surface area contributed by atoms with Gasteiger partial charge in [-0.25, -0.2) is 0 Å². The summed E-state index contributed by atoms with van der Waals surface area (Å²) in [6.07, 6.45) is 0. The summed E-state index contributed by atoms with van der Waals surface area (Å²) in [4.78, 5) is 5.11. The Balaban J connectivity index is 1.14. The van der Waals surface area contributed by atoms with Crippen molar-refractivity contribution in [3.63, 3.8) is 0 Å². The fourth-order valence-corrected chi connectivity index (χ4v) is 15.7. The van der Waals surface area contributed by atoms with Crippen molar-refractivity contribution in [2.75, 3.05) is 4.90 Å². The number of anilines is 3. The SMILES string of the molecule is CC1(C)c2ccccc2N(c2ccc(-c3ccc4c(c3)[Si]3(c5ccccc5Oc5ccccc53)c3ccccc3S4)cc2)c2ccccc21. The van der Waals surface area contributed by atoms with Gasteiger partial charge in [-0.1, -0.05) is 141 Å². The molecule has 0 fully saturated rings. The molecule has 0 bridgehead atoms. The Morgan fingerprint density at radius 1 is 0.490 bits per heavy atom. The van der Waals surface area contributed by atoms with Gasteiger partial charge in [0.1, 0.15) is 11.5 Å². The number of rotatable bonds is 2. The highest BCUT2D eigenvalue weighted by atomic mass is 32.2. The van der Waals surface area contributed by atoms with Crippen LogP contribution < -0.4 is 30.4 Å². The van der Waals surface area contributed by atoms with Gasteiger partial charge in [0.05, 0.1) is 11.4 Å². The zero-order valence-electron chi connectivity index (χ0n) is 27.4. The number of hydrogen-bond donors (Lipinski definition) is 0. The zero-order valence-corrected chi connectivity index (χ0v) is 29.2. The molecule has 0 N–H and O–H groups in total. The molecule has 0 amide bonds. The molecule has 3 heterocycles. The van der Waals surface area contributed by atoms with Gasteiger partial charge in [-0.15, -0.1) is 0 Å². The molecule has 49 heavy (non-hydrogen) atoms. The number of fused-ring (bicyclic) bond motifs is 10. The van der Waals surface area contributed by atoms with Crippen LogP contribution >= 0.6 is 11.8 Å². The summed E-state index contributed by atoms with van der Waals surface area (Å²) < 4.78 is 6.61. The van der Waals surface area contributed by atoms with E-state index in [-0.39, 0.29) is 5.41 Å². The molecule has 0 aromatic heterocycles. The van der Waals surface area contributed by atoms with Crippen LogP contribution in [-0.2, 0) is 5.41 Å². The zero-order chi connectivity index (χ0) is 32.7. The highest BCUT2D eigenvalue weighted by molar-refractivity contribution is 8.00. The molecule has 0 saturated carbocycles. The largest absolute Gasteiger partial charge is 0.458 e. The van der Waals surface area contributed by atoms with Gasteiger partial charge in [0.15, 0.2) is 8.07 Å². The Morgan fingerprint density at radius 3 is 1.65 bits per heavy atom. The smallest absolute Gasteiger partial charge is 0.190 e. The molecule has 234 valence electrons. The quantitative estimate of drug-likeness (QED) is 0.171. The second-order valence-electron chi connectivity index (χ2n) is 13.7. The Kier molecular flexibility index (Phi) is 6.21. The van der Waals surface area contributed by atoms with Gasteiger partial charge in [0.2, 0.25) is 0 Å². The third kappa shape index (κ3) is 4.02. The summed E-state index contributed by atoms with van der Waals surface area (Å²) in [7, 11) is -2.70. The predicted octanol–water partition coefficient (Wildman–Crippen LogP) is 9.41. The van der Waals surface area contributed by atoms with E-state index in [0.29, 0.717) is 0 Å². The average Bonchev–Trinajstić information content (AvgIpc) is 3.15. The molecule has 0 aliphatic carbocycles. The summed E-state index contributed by atoms with van der Waals surface area (Å²) in [5.74, 6) is 1.95. The van der Waals surface area contributed by atoms with Crippen LogP contribution in [0.1, 0.15) is 25.0 Å². The molecular formula is C45H33NOSSi. The first kappa shape index (κ1) is 28.7. The van der Waals surface area contributed by atoms with Crippen molar-refractivity contribution in [3.8, 4) is 22.6 Å². The number of para-hydroxylation sites is 4. The number of nitrogens with zero attached hydrogens (tertiary/aromatic N) is 1. The molecule has 2 nitrogen and oxygen atoms in total. The fraction of sp³-hybridized carbons (Fsp3) is 0.0667. The molecule has 3 aliphatic rings. The highest BCUT2D eigenvalue weighted by Crippen LogP contribution is 2.51. The summed E-state index contributed by atoms with van der Waals surface area (Å²) >= 11 is 1.90. The summed E-state index contributed by atoms with van der Waals surface area (Å²) in [5, 5.41) is 5.51. The van der Waals surface area contributed by atoms with Gasteiger partial charge in [0.25, 0.3) is 0 Å². The minimum atomic E-state index is -2.70. The van der Waals surface area contributed by atoms with E-state index in [9.17, 15) is 0 Å². The van der Waals surface area contributed by atoms with Crippen LogP contribution in [0.25, 0.3) is 11.1 Å². The molecule has 7 aromatic rings. The van der Waals surface area contributed by atoms with E-state index in [4.69, 9.17) is 4.74 Å². The van der Waals surface area contributed by atoms with Crippen molar-refractivity contribution < 1.29 is 4.74 Å². The lowest BCUT2D eigenvalue weighted by Gasteiger charge is -2.43. The van der Waals surface area contributed by atoms with Crippen molar-refractivity contribution in [3.05, 3.63) is 175 Å². The first-order chi connectivity index (χ1) is 24.0. The fourth-order valence-electron chi connectivity index (χ4n) is 8.55. The van der Waals surface area contributed by atoms with Crippen molar-refractivity contribution in [2.45, 2.75) is 29.1 Å². The Labute approximate surface area is 292 Å². The lowest BCUT2D eigenvalue weighted by atomic mass is 9.73. The van der Waals surface area contributed by atoms with Crippen LogP contribution in [0.2, 0.25) is 0 Å². The van der Waals surface area contributed by atoms with Gasteiger partial charge in [-0.2, -0.15) is 0 Å². The molecule has 7 aromatic carbocycles. The molecule has 0 atom stereocenters. The summed E-state index contributed by atoms with van der Waals surface area (Å²) in [5.41, 5.74) is 8.72. The van der Waals surface area contributed by atoms with Crippen molar-refractivity contribution in [2.24, 2.45) is 0 Å². The number of hydrogen-bond acceptors (Lipinski definition) is 3. The first-order valence-electron chi connectivity index (χ1n) is 16.9. The van der Waals surface area contributed by atoms with Crippen LogP contribution in [0, 0.1) is 0 Å². The summed E-state index contributed by atoms with van der Waals surface area (Å²) in [6.45, 7) is 4.67. The molecule has 1 spiro atoms. The minimum Gasteiger partial charge on any atom is -0.458 e. The highest BCUT2D eigenvalue weighted by Gasteiger charge is 2.52. The van der Waals surface area contributed by atoms with Crippen LogP contribution in [-0.4, -0.2) is 8.07 Å². The third-order valence-electron chi connectivity index (χ3n) is 10.8. The van der Waals surface area contributed by atoms with Crippen molar-refractivity contribution in [1.82, 2.24) is 0 Å². The van der Waals surface area contributed by atoms with Gasteiger partial charge in [0, 0.05) is 20.9 Å². The van der Waals surface area contributed by atoms with Crippen LogP contribution in [0.3, 0.4) is 0 Å². The molecule has 10 rings (SSSR count). The van der Waals surface area contributed by atoms with E-state index < -0.39 is 8.07 Å². The third-order valence-corrected chi connectivity index (χ3v) is 17.2. The lowest BCUT2D eigenvalue weighted by Crippen LogP contribution is -2.77. The Morgan fingerprint density at radius 2 is 1.00 bits per heavy atom. The monoisotopic (exact) mass is 663 g/mol. The second kappa shape index (κ2) is 10.6. The Hall–Kier alpha value is -5.29. The van der Waals surface area contributed by atoms with E-state index in [1.54, 1.807) is 0 Å². The van der Waals surface area contributed by atoms with Crippen LogP contribution in [0.4, 0.5) is 17.1 Å². The molecule has 3 aliphatic heterocycles. The predicted molar refractivity (Wildman–Crippen MR) is 207 cm³/mol. The van der Waals surface area contributed by atoms with Crippen molar-refractivity contribution >= 4 is 57.6 Å². The second-order valence-corrected chi connectivity index (χ2v) is 18.4. The van der Waals surface area contributed by atoms with E-state index in [1.807, 2.05) is 11.8 Å². The molecule has 4 heteroatoms. The molecule has 0 radical (unpaired) electrons. The van der Waals surface area contributed by atoms with E-state index in [0.717, 1.165) is 11.5 Å². The molecule has 0 unspecified atom stereocenters. The van der Waals surface area contributed by atoms with E-state index in [2.05, 4.69) is 183 Å². The van der Waals surface area contributed by atoms with E-state index >= 15 is 0 Å². The Bertz CT molecular complexity index is 2300. The van der Waals surface area contributed by atoms with Crippen LogP contribution in [0.15, 0.2) is 174 Å². The van der Waals surface area contributed by atoms with Gasteiger partial charge < -0.3 is 9.64 Å². The maximum Gasteiger partial charge on any atom is 0.190 e. The first-order valence-corrected chi connectivity index (χ1v) is 19.7. The standard InChI is InChI=1S/C45H33NOSSi/c1-45(2)33-13-3-5-15-35(33)46(36-16-6-4-14-34(36)45)32-26-23-30(24-27-32)31-25-28-40-44(29-31)49(43-22-12-9-19-39(43)48-40)41-20-10-7-17-37(41)47-38-18-8-11-21-42(38)49/h3-29H,1-2H3. The maximum atomic E-state index is 6.61. The maximum absolute atomic E-state index is 6.61. The van der Waals surface area contributed by atoms with Crippen LogP contribution in [0.5, 0.6) is 11.5 Å². The molecule has 0 saturated heterocycles. The average molecular weight is 664 g/mol. The minimum absolute atomic E-state index is 0.0787. The van der Waals surface area contributed by atoms with Gasteiger partial charge >= 0.3 is 0 Å². The van der Waals surface area contributed by atoms with Gasteiger partial charge in [-0.05, 0) is 91.5 Å². The normalized spacial score (nSPS) is 15.5. The van der Waals surface area contributed by atoms with Gasteiger partial charge in [-0.3, -0.25) is 0 Å². The number of benzene rings is 7. The summed E-state index contributed by atoms with van der Waals surface area (Å²) in [6, 6.07) is 60.5. The topological polar surface area (TPSA) is 12.5 Å².